The number of hydrogen-bond donors (Lipinski definition) is 2. The van der Waals surface area contributed by atoms with Crippen molar-refractivity contribution in [2.75, 3.05) is 26.3 Å². The van der Waals surface area contributed by atoms with E-state index in [0.29, 0.717) is 26.3 Å². The molecule has 0 aliphatic heterocycles. The van der Waals surface area contributed by atoms with Crippen LogP contribution in [0.3, 0.4) is 0 Å². The van der Waals surface area contributed by atoms with E-state index in [1.54, 1.807) is 0 Å². The highest BCUT2D eigenvalue weighted by molar-refractivity contribution is 5.82. The standard InChI is InChI=1S/C13H26N2O2/c1-2-13(6-3-4-7-13)12(16)15-9-5-10-17-11-8-14/h2-11,14H2,1H3,(H,15,16). The lowest BCUT2D eigenvalue weighted by molar-refractivity contribution is -0.131. The summed E-state index contributed by atoms with van der Waals surface area (Å²) < 4.78 is 5.27. The molecule has 0 heterocycles. The molecular weight excluding hydrogens is 216 g/mol. The van der Waals surface area contributed by atoms with Crippen LogP contribution in [0.4, 0.5) is 0 Å². The largest absolute Gasteiger partial charge is 0.380 e. The Morgan fingerprint density at radius 2 is 2.06 bits per heavy atom. The van der Waals surface area contributed by atoms with Crippen molar-refractivity contribution in [3.63, 3.8) is 0 Å². The van der Waals surface area contributed by atoms with Gasteiger partial charge in [0.15, 0.2) is 0 Å². The molecule has 17 heavy (non-hydrogen) atoms. The molecule has 3 N–H and O–H groups in total. The van der Waals surface area contributed by atoms with Gasteiger partial charge in [-0.15, -0.1) is 0 Å². The lowest BCUT2D eigenvalue weighted by Crippen LogP contribution is -2.39. The van der Waals surface area contributed by atoms with Gasteiger partial charge in [0.2, 0.25) is 5.91 Å². The Labute approximate surface area is 104 Å². The van der Waals surface area contributed by atoms with Gasteiger partial charge >= 0.3 is 0 Å². The lowest BCUT2D eigenvalue weighted by atomic mass is 9.82. The Kier molecular flexibility index (Phi) is 6.52. The van der Waals surface area contributed by atoms with E-state index in [4.69, 9.17) is 10.5 Å². The molecule has 0 aromatic carbocycles. The maximum atomic E-state index is 12.1. The van der Waals surface area contributed by atoms with Crippen LogP contribution in [0.2, 0.25) is 0 Å². The number of amides is 1. The first kappa shape index (κ1) is 14.5. The van der Waals surface area contributed by atoms with Crippen molar-refractivity contribution in [1.29, 1.82) is 0 Å². The van der Waals surface area contributed by atoms with Crippen molar-refractivity contribution in [1.82, 2.24) is 5.32 Å². The van der Waals surface area contributed by atoms with Crippen LogP contribution < -0.4 is 11.1 Å². The van der Waals surface area contributed by atoms with E-state index in [9.17, 15) is 4.79 Å². The summed E-state index contributed by atoms with van der Waals surface area (Å²) >= 11 is 0. The minimum Gasteiger partial charge on any atom is -0.380 e. The Morgan fingerprint density at radius 1 is 1.35 bits per heavy atom. The fourth-order valence-corrected chi connectivity index (χ4v) is 2.54. The molecule has 0 aromatic heterocycles. The zero-order chi connectivity index (χ0) is 12.6. The molecule has 0 unspecified atom stereocenters. The van der Waals surface area contributed by atoms with E-state index in [-0.39, 0.29) is 11.3 Å². The average Bonchev–Trinajstić information content (AvgIpc) is 2.83. The SMILES string of the molecule is CCC1(C(=O)NCCCOCCN)CCCC1. The highest BCUT2D eigenvalue weighted by Crippen LogP contribution is 2.40. The second-order valence-electron chi connectivity index (χ2n) is 4.85. The van der Waals surface area contributed by atoms with Gasteiger partial charge in [0.25, 0.3) is 0 Å². The number of nitrogens with one attached hydrogen (secondary N) is 1. The van der Waals surface area contributed by atoms with Gasteiger partial charge < -0.3 is 15.8 Å². The number of ether oxygens (including phenoxy) is 1. The molecule has 1 saturated carbocycles. The molecule has 1 rings (SSSR count). The second kappa shape index (κ2) is 7.67. The number of hydrogen-bond acceptors (Lipinski definition) is 3. The third-order valence-electron chi connectivity index (χ3n) is 3.73. The minimum absolute atomic E-state index is 0.0713. The van der Waals surface area contributed by atoms with Gasteiger partial charge in [-0.3, -0.25) is 4.79 Å². The first-order valence-electron chi connectivity index (χ1n) is 6.81. The number of nitrogens with two attached hydrogens (primary N) is 1. The fourth-order valence-electron chi connectivity index (χ4n) is 2.54. The third kappa shape index (κ3) is 4.28. The first-order chi connectivity index (χ1) is 8.25. The van der Waals surface area contributed by atoms with Crippen molar-refractivity contribution >= 4 is 5.91 Å². The third-order valence-corrected chi connectivity index (χ3v) is 3.73. The van der Waals surface area contributed by atoms with E-state index in [1.807, 2.05) is 0 Å². The maximum absolute atomic E-state index is 12.1. The van der Waals surface area contributed by atoms with Gasteiger partial charge in [0.1, 0.15) is 0 Å². The summed E-state index contributed by atoms with van der Waals surface area (Å²) in [5.74, 6) is 0.247. The molecule has 1 amide bonds. The van der Waals surface area contributed by atoms with E-state index in [1.165, 1.54) is 12.8 Å². The van der Waals surface area contributed by atoms with Gasteiger partial charge in [-0.1, -0.05) is 19.8 Å². The van der Waals surface area contributed by atoms with Crippen LogP contribution in [-0.4, -0.2) is 32.2 Å². The minimum atomic E-state index is -0.0713. The quantitative estimate of drug-likeness (QED) is 0.633. The van der Waals surface area contributed by atoms with Gasteiger partial charge in [0, 0.05) is 25.1 Å². The normalized spacial score (nSPS) is 18.2. The molecule has 0 spiro atoms. The predicted octanol–water partition coefficient (Wildman–Crippen LogP) is 1.44. The molecule has 1 aliphatic rings. The Morgan fingerprint density at radius 3 is 2.65 bits per heavy atom. The molecule has 0 saturated heterocycles. The maximum Gasteiger partial charge on any atom is 0.226 e. The van der Waals surface area contributed by atoms with Crippen LogP contribution in [0.15, 0.2) is 0 Å². The van der Waals surface area contributed by atoms with E-state index in [2.05, 4.69) is 12.2 Å². The average molecular weight is 242 g/mol. The first-order valence-corrected chi connectivity index (χ1v) is 6.81. The zero-order valence-corrected chi connectivity index (χ0v) is 11.0. The topological polar surface area (TPSA) is 64.3 Å². The van der Waals surface area contributed by atoms with Gasteiger partial charge in [-0.25, -0.2) is 0 Å². The lowest BCUT2D eigenvalue weighted by Gasteiger charge is -2.25. The smallest absolute Gasteiger partial charge is 0.226 e. The van der Waals surface area contributed by atoms with E-state index < -0.39 is 0 Å². The van der Waals surface area contributed by atoms with Gasteiger partial charge in [-0.05, 0) is 25.7 Å². The second-order valence-corrected chi connectivity index (χ2v) is 4.85. The number of carbonyl (C=O) groups excluding carboxylic acids is 1. The summed E-state index contributed by atoms with van der Waals surface area (Å²) in [5, 5.41) is 3.04. The molecular formula is C13H26N2O2. The summed E-state index contributed by atoms with van der Waals surface area (Å²) in [7, 11) is 0. The monoisotopic (exact) mass is 242 g/mol. The van der Waals surface area contributed by atoms with Crippen LogP contribution in [0.5, 0.6) is 0 Å². The molecule has 100 valence electrons. The fraction of sp³-hybridized carbons (Fsp3) is 0.923. The van der Waals surface area contributed by atoms with Crippen LogP contribution >= 0.6 is 0 Å². The molecule has 0 atom stereocenters. The Bertz CT molecular complexity index is 225. The Balaban J connectivity index is 2.15. The van der Waals surface area contributed by atoms with Crippen LogP contribution in [0, 0.1) is 5.41 Å². The summed E-state index contributed by atoms with van der Waals surface area (Å²) in [6, 6.07) is 0. The van der Waals surface area contributed by atoms with Crippen molar-refractivity contribution in [2.24, 2.45) is 11.1 Å². The predicted molar refractivity (Wildman–Crippen MR) is 68.7 cm³/mol. The molecule has 4 nitrogen and oxygen atoms in total. The van der Waals surface area contributed by atoms with Crippen LogP contribution in [-0.2, 0) is 9.53 Å². The highest BCUT2D eigenvalue weighted by atomic mass is 16.5. The summed E-state index contributed by atoms with van der Waals surface area (Å²) in [4.78, 5) is 12.1. The number of carbonyl (C=O) groups is 1. The van der Waals surface area contributed by atoms with Crippen molar-refractivity contribution in [3.05, 3.63) is 0 Å². The zero-order valence-electron chi connectivity index (χ0n) is 11.0. The molecule has 4 heteroatoms. The van der Waals surface area contributed by atoms with Crippen LogP contribution in [0.1, 0.15) is 45.4 Å². The molecule has 0 aromatic rings. The van der Waals surface area contributed by atoms with Gasteiger partial charge in [-0.2, -0.15) is 0 Å². The van der Waals surface area contributed by atoms with Crippen LogP contribution in [0.25, 0.3) is 0 Å². The van der Waals surface area contributed by atoms with E-state index >= 15 is 0 Å². The molecule has 1 fully saturated rings. The highest BCUT2D eigenvalue weighted by Gasteiger charge is 2.38. The van der Waals surface area contributed by atoms with Gasteiger partial charge in [0.05, 0.1) is 6.61 Å². The van der Waals surface area contributed by atoms with Crippen molar-refractivity contribution in [3.8, 4) is 0 Å². The van der Waals surface area contributed by atoms with Crippen molar-refractivity contribution in [2.45, 2.75) is 45.4 Å². The number of rotatable bonds is 8. The Hall–Kier alpha value is -0.610. The van der Waals surface area contributed by atoms with Crippen molar-refractivity contribution < 1.29 is 9.53 Å². The molecule has 0 bridgehead atoms. The van der Waals surface area contributed by atoms with E-state index in [0.717, 1.165) is 25.7 Å². The summed E-state index contributed by atoms with van der Waals surface area (Å²) in [6.07, 6.45) is 6.33. The summed E-state index contributed by atoms with van der Waals surface area (Å²) in [5.41, 5.74) is 5.24. The summed E-state index contributed by atoms with van der Waals surface area (Å²) in [6.45, 7) is 4.68. The molecule has 0 radical (unpaired) electrons. The molecule has 1 aliphatic carbocycles.